The third-order valence-electron chi connectivity index (χ3n) is 3.98. The van der Waals surface area contributed by atoms with Crippen molar-refractivity contribution in [1.82, 2.24) is 9.88 Å². The minimum Gasteiger partial charge on any atom is -0.394 e. The molecule has 1 aliphatic rings. The van der Waals surface area contributed by atoms with Gasteiger partial charge in [0.05, 0.1) is 12.6 Å². The van der Waals surface area contributed by atoms with Crippen LogP contribution >= 0.6 is 0 Å². The number of amides is 1. The first-order valence-corrected chi connectivity index (χ1v) is 7.25. The molecule has 1 aliphatic heterocycles. The fourth-order valence-corrected chi connectivity index (χ4v) is 2.82. The van der Waals surface area contributed by atoms with E-state index < -0.39 is 0 Å². The molecule has 5 heteroatoms. The van der Waals surface area contributed by atoms with Crippen molar-refractivity contribution in [3.63, 3.8) is 0 Å². The molecule has 1 amide bonds. The lowest BCUT2D eigenvalue weighted by Gasteiger charge is -2.25. The highest BCUT2D eigenvalue weighted by Crippen LogP contribution is 2.25. The third kappa shape index (κ3) is 2.93. The number of carbonyl (C=O) groups excluding carboxylic acids is 1. The molecule has 20 heavy (non-hydrogen) atoms. The number of hydrogen-bond donors (Lipinski definition) is 2. The molecular formula is C15H23N3O2. The van der Waals surface area contributed by atoms with E-state index in [0.29, 0.717) is 23.8 Å². The Bertz CT molecular complexity index is 490. The quantitative estimate of drug-likeness (QED) is 0.873. The zero-order valence-corrected chi connectivity index (χ0v) is 12.2. The largest absolute Gasteiger partial charge is 0.394 e. The van der Waals surface area contributed by atoms with Gasteiger partial charge in [-0.3, -0.25) is 4.79 Å². The predicted octanol–water partition coefficient (Wildman–Crippen LogP) is 1.46. The molecular weight excluding hydrogens is 254 g/mol. The highest BCUT2D eigenvalue weighted by molar-refractivity contribution is 5.95. The molecule has 0 saturated carbocycles. The van der Waals surface area contributed by atoms with E-state index in [2.05, 4.69) is 18.8 Å². The summed E-state index contributed by atoms with van der Waals surface area (Å²) in [6, 6.07) is 3.35. The predicted molar refractivity (Wildman–Crippen MR) is 78.3 cm³/mol. The summed E-state index contributed by atoms with van der Waals surface area (Å²) in [5.74, 6) is 0.658. The van der Waals surface area contributed by atoms with E-state index in [1.807, 2.05) is 6.07 Å². The summed E-state index contributed by atoms with van der Waals surface area (Å²) in [6.07, 6.45) is 2.70. The van der Waals surface area contributed by atoms with Crippen molar-refractivity contribution in [3.05, 3.63) is 23.4 Å². The van der Waals surface area contributed by atoms with Crippen LogP contribution in [0.5, 0.6) is 0 Å². The highest BCUT2D eigenvalue weighted by atomic mass is 16.3. The zero-order valence-electron chi connectivity index (χ0n) is 12.2. The monoisotopic (exact) mass is 277 g/mol. The number of anilines is 1. The van der Waals surface area contributed by atoms with Crippen LogP contribution in [0.3, 0.4) is 0 Å². The number of aliphatic hydroxyl groups excluding tert-OH is 1. The van der Waals surface area contributed by atoms with Crippen molar-refractivity contribution < 1.29 is 9.90 Å². The van der Waals surface area contributed by atoms with Crippen molar-refractivity contribution in [2.45, 2.75) is 39.2 Å². The Labute approximate surface area is 119 Å². The Morgan fingerprint density at radius 1 is 1.55 bits per heavy atom. The number of rotatable bonds is 4. The van der Waals surface area contributed by atoms with Crippen LogP contribution in [-0.2, 0) is 6.42 Å². The molecule has 1 aromatic heterocycles. The molecule has 3 N–H and O–H groups in total. The number of nitrogens with two attached hydrogens (primary N) is 1. The summed E-state index contributed by atoms with van der Waals surface area (Å²) >= 11 is 0. The van der Waals surface area contributed by atoms with Crippen LogP contribution < -0.4 is 5.73 Å². The molecule has 2 atom stereocenters. The first kappa shape index (κ1) is 14.8. The van der Waals surface area contributed by atoms with Gasteiger partial charge in [-0.15, -0.1) is 0 Å². The van der Waals surface area contributed by atoms with Crippen LogP contribution in [-0.4, -0.2) is 40.1 Å². The fourth-order valence-electron chi connectivity index (χ4n) is 2.82. The molecule has 110 valence electrons. The topological polar surface area (TPSA) is 79.5 Å². The number of pyridine rings is 1. The van der Waals surface area contributed by atoms with E-state index in [1.165, 1.54) is 0 Å². The maximum absolute atomic E-state index is 12.6. The number of nitrogen functional groups attached to an aromatic ring is 1. The molecule has 0 aliphatic carbocycles. The second-order valence-electron chi connectivity index (χ2n) is 5.54. The van der Waals surface area contributed by atoms with Crippen LogP contribution in [0.2, 0.25) is 0 Å². The van der Waals surface area contributed by atoms with Gasteiger partial charge in [0.25, 0.3) is 5.91 Å². The number of carbonyl (C=O) groups is 1. The standard InChI is InChI=1S/C15H23N3O2/c1-3-4-12-7-11(8-14(16)17-12)15(20)18-6-5-10(2)13(18)9-19/h7-8,10,13,19H,3-6,9H2,1-2H3,(H2,16,17). The summed E-state index contributed by atoms with van der Waals surface area (Å²) in [7, 11) is 0. The van der Waals surface area contributed by atoms with Gasteiger partial charge in [0.2, 0.25) is 0 Å². The first-order chi connectivity index (χ1) is 9.56. The third-order valence-corrected chi connectivity index (χ3v) is 3.98. The number of aromatic nitrogens is 1. The minimum atomic E-state index is -0.0912. The Hall–Kier alpha value is -1.62. The van der Waals surface area contributed by atoms with Crippen LogP contribution in [0.4, 0.5) is 5.82 Å². The average Bonchev–Trinajstić information content (AvgIpc) is 2.78. The molecule has 1 fully saturated rings. The molecule has 2 rings (SSSR count). The lowest BCUT2D eigenvalue weighted by Crippen LogP contribution is -2.39. The van der Waals surface area contributed by atoms with E-state index in [0.717, 1.165) is 25.0 Å². The average molecular weight is 277 g/mol. The van der Waals surface area contributed by atoms with Gasteiger partial charge in [-0.05, 0) is 30.9 Å². The maximum Gasteiger partial charge on any atom is 0.254 e. The zero-order chi connectivity index (χ0) is 14.7. The summed E-state index contributed by atoms with van der Waals surface area (Å²) in [4.78, 5) is 18.6. The molecule has 0 bridgehead atoms. The van der Waals surface area contributed by atoms with E-state index in [1.54, 1.807) is 11.0 Å². The molecule has 1 aromatic rings. The van der Waals surface area contributed by atoms with E-state index in [9.17, 15) is 9.90 Å². The van der Waals surface area contributed by atoms with Crippen molar-refractivity contribution in [2.24, 2.45) is 5.92 Å². The molecule has 5 nitrogen and oxygen atoms in total. The minimum absolute atomic E-state index is 0.00922. The van der Waals surface area contributed by atoms with Gasteiger partial charge >= 0.3 is 0 Å². The number of nitrogens with zero attached hydrogens (tertiary/aromatic N) is 2. The lowest BCUT2D eigenvalue weighted by atomic mass is 10.0. The summed E-state index contributed by atoms with van der Waals surface area (Å²) in [6.45, 7) is 4.83. The number of likely N-dealkylation sites (tertiary alicyclic amines) is 1. The summed E-state index contributed by atoms with van der Waals surface area (Å²) in [5.41, 5.74) is 7.22. The van der Waals surface area contributed by atoms with Gasteiger partial charge in [-0.2, -0.15) is 0 Å². The lowest BCUT2D eigenvalue weighted by molar-refractivity contribution is 0.0648. The highest BCUT2D eigenvalue weighted by Gasteiger charge is 2.34. The molecule has 0 aromatic carbocycles. The molecule has 2 heterocycles. The Morgan fingerprint density at radius 3 is 2.95 bits per heavy atom. The van der Waals surface area contributed by atoms with Gasteiger partial charge in [0.1, 0.15) is 5.82 Å². The van der Waals surface area contributed by atoms with Crippen molar-refractivity contribution in [2.75, 3.05) is 18.9 Å². The molecule has 2 unspecified atom stereocenters. The second-order valence-corrected chi connectivity index (χ2v) is 5.54. The Balaban J connectivity index is 2.24. The van der Waals surface area contributed by atoms with Crippen molar-refractivity contribution in [1.29, 1.82) is 0 Å². The van der Waals surface area contributed by atoms with Gasteiger partial charge in [-0.25, -0.2) is 4.98 Å². The van der Waals surface area contributed by atoms with Gasteiger partial charge in [0, 0.05) is 17.8 Å². The number of hydrogen-bond acceptors (Lipinski definition) is 4. The van der Waals surface area contributed by atoms with Crippen LogP contribution in [0.15, 0.2) is 12.1 Å². The summed E-state index contributed by atoms with van der Waals surface area (Å²) in [5, 5.41) is 9.47. The SMILES string of the molecule is CCCc1cc(C(=O)N2CCC(C)C2CO)cc(N)n1. The molecule has 1 saturated heterocycles. The Kier molecular flexibility index (Phi) is 4.60. The maximum atomic E-state index is 12.6. The first-order valence-electron chi connectivity index (χ1n) is 7.25. The van der Waals surface area contributed by atoms with E-state index in [-0.39, 0.29) is 18.6 Å². The van der Waals surface area contributed by atoms with E-state index >= 15 is 0 Å². The van der Waals surface area contributed by atoms with Crippen LogP contribution in [0, 0.1) is 5.92 Å². The normalized spacial score (nSPS) is 22.2. The molecule has 0 radical (unpaired) electrons. The summed E-state index contributed by atoms with van der Waals surface area (Å²) < 4.78 is 0. The Morgan fingerprint density at radius 2 is 2.30 bits per heavy atom. The van der Waals surface area contributed by atoms with E-state index in [4.69, 9.17) is 5.73 Å². The second kappa shape index (κ2) is 6.22. The van der Waals surface area contributed by atoms with Crippen molar-refractivity contribution in [3.8, 4) is 0 Å². The molecule has 0 spiro atoms. The van der Waals surface area contributed by atoms with Gasteiger partial charge < -0.3 is 15.7 Å². The van der Waals surface area contributed by atoms with Crippen LogP contribution in [0.1, 0.15) is 42.7 Å². The number of aliphatic hydroxyl groups is 1. The number of aryl methyl sites for hydroxylation is 1. The van der Waals surface area contributed by atoms with Gasteiger partial charge in [-0.1, -0.05) is 20.3 Å². The smallest absolute Gasteiger partial charge is 0.254 e. The van der Waals surface area contributed by atoms with Crippen molar-refractivity contribution >= 4 is 11.7 Å². The fraction of sp³-hybridized carbons (Fsp3) is 0.600. The van der Waals surface area contributed by atoms with Crippen LogP contribution in [0.25, 0.3) is 0 Å². The van der Waals surface area contributed by atoms with Gasteiger partial charge in [0.15, 0.2) is 0 Å².